The molecule has 0 aliphatic rings. The van der Waals surface area contributed by atoms with Gasteiger partial charge in [0.1, 0.15) is 3.57 Å². The van der Waals surface area contributed by atoms with Gasteiger partial charge in [0.05, 0.1) is 5.69 Å². The van der Waals surface area contributed by atoms with E-state index < -0.39 is 0 Å². The zero-order valence-corrected chi connectivity index (χ0v) is 9.05. The molecule has 0 aromatic carbocycles. The zero-order valence-electron chi connectivity index (χ0n) is 6.89. The Morgan fingerprint density at radius 3 is 2.67 bits per heavy atom. The van der Waals surface area contributed by atoms with Crippen molar-refractivity contribution in [2.75, 3.05) is 5.73 Å². The Bertz CT molecular complexity index is 345. The third kappa shape index (κ3) is 1.77. The van der Waals surface area contributed by atoms with Crippen LogP contribution >= 0.6 is 22.6 Å². The molecule has 0 saturated heterocycles. The summed E-state index contributed by atoms with van der Waals surface area (Å²) in [6.45, 7) is 3.95. The number of anilines is 1. The van der Waals surface area contributed by atoms with E-state index in [0.717, 1.165) is 5.69 Å². The largest absolute Gasteiger partial charge is 0.369 e. The van der Waals surface area contributed by atoms with Gasteiger partial charge < -0.3 is 5.73 Å². The smallest absolute Gasteiger partial charge is 0.265 e. The lowest BCUT2D eigenvalue weighted by molar-refractivity contribution is 0.804. The molecule has 4 nitrogen and oxygen atoms in total. The molecule has 0 spiro atoms. The molecular weight excluding hydrogens is 269 g/mol. The van der Waals surface area contributed by atoms with Crippen LogP contribution in [-0.4, -0.2) is 9.97 Å². The topological polar surface area (TPSA) is 71.8 Å². The molecule has 0 atom stereocenters. The number of halogens is 1. The summed E-state index contributed by atoms with van der Waals surface area (Å²) in [5.41, 5.74) is 6.00. The third-order valence-corrected chi connectivity index (χ3v) is 2.50. The number of H-pyrrole nitrogens is 1. The minimum absolute atomic E-state index is 0.160. The highest BCUT2D eigenvalue weighted by atomic mass is 127. The van der Waals surface area contributed by atoms with Gasteiger partial charge in [-0.15, -0.1) is 0 Å². The molecule has 0 fully saturated rings. The van der Waals surface area contributed by atoms with Crippen molar-refractivity contribution >= 4 is 28.5 Å². The lowest BCUT2D eigenvalue weighted by Crippen LogP contribution is -2.18. The Hall–Kier alpha value is -0.590. The second-order valence-corrected chi connectivity index (χ2v) is 3.88. The summed E-state index contributed by atoms with van der Waals surface area (Å²) in [6.07, 6.45) is 0. The number of hydrogen-bond donors (Lipinski definition) is 2. The molecule has 0 saturated carbocycles. The van der Waals surface area contributed by atoms with E-state index in [1.54, 1.807) is 0 Å². The van der Waals surface area contributed by atoms with Crippen LogP contribution in [0.5, 0.6) is 0 Å². The molecule has 0 bridgehead atoms. The minimum atomic E-state index is -0.160. The Morgan fingerprint density at radius 2 is 2.17 bits per heavy atom. The average Bonchev–Trinajstić information content (AvgIpc) is 1.96. The second kappa shape index (κ2) is 3.42. The molecule has 0 aliphatic heterocycles. The fourth-order valence-electron chi connectivity index (χ4n) is 0.877. The van der Waals surface area contributed by atoms with E-state index in [-0.39, 0.29) is 17.4 Å². The molecule has 0 radical (unpaired) electrons. The molecule has 1 rings (SSSR count). The zero-order chi connectivity index (χ0) is 9.30. The van der Waals surface area contributed by atoms with Crippen molar-refractivity contribution < 1.29 is 0 Å². The Morgan fingerprint density at radius 1 is 1.58 bits per heavy atom. The van der Waals surface area contributed by atoms with Gasteiger partial charge in [0.25, 0.3) is 5.56 Å². The summed E-state index contributed by atoms with van der Waals surface area (Å²) >= 11 is 1.98. The van der Waals surface area contributed by atoms with E-state index in [1.165, 1.54) is 0 Å². The standard InChI is InChI=1S/C7H10IN3O/c1-3(2)5-4(8)6(12)11-7(9)10-5/h3H,1-2H3,(H3,9,10,11,12). The first-order valence-corrected chi connectivity index (χ1v) is 4.65. The summed E-state index contributed by atoms with van der Waals surface area (Å²) in [5, 5.41) is 0. The molecule has 0 amide bonds. The first-order chi connectivity index (χ1) is 5.52. The van der Waals surface area contributed by atoms with Crippen LogP contribution in [0.4, 0.5) is 5.95 Å². The number of nitrogen functional groups attached to an aromatic ring is 1. The Balaban J connectivity index is 3.38. The highest BCUT2D eigenvalue weighted by Gasteiger charge is 2.10. The minimum Gasteiger partial charge on any atom is -0.369 e. The van der Waals surface area contributed by atoms with Crippen molar-refractivity contribution in [1.29, 1.82) is 0 Å². The van der Waals surface area contributed by atoms with Crippen LogP contribution in [0.3, 0.4) is 0 Å². The van der Waals surface area contributed by atoms with Crippen LogP contribution in [-0.2, 0) is 0 Å². The van der Waals surface area contributed by atoms with Crippen LogP contribution in [0.25, 0.3) is 0 Å². The summed E-state index contributed by atoms with van der Waals surface area (Å²) in [7, 11) is 0. The molecule has 3 N–H and O–H groups in total. The van der Waals surface area contributed by atoms with E-state index in [9.17, 15) is 4.79 Å². The fourth-order valence-corrected chi connectivity index (χ4v) is 1.76. The molecule has 66 valence electrons. The van der Waals surface area contributed by atoms with E-state index >= 15 is 0 Å². The normalized spacial score (nSPS) is 10.7. The molecule has 1 heterocycles. The number of nitrogens with one attached hydrogen (secondary N) is 1. The molecule has 12 heavy (non-hydrogen) atoms. The molecule has 0 unspecified atom stereocenters. The number of aromatic amines is 1. The predicted molar refractivity (Wildman–Crippen MR) is 56.1 cm³/mol. The molecule has 1 aromatic heterocycles. The van der Waals surface area contributed by atoms with E-state index in [2.05, 4.69) is 9.97 Å². The first-order valence-electron chi connectivity index (χ1n) is 3.57. The van der Waals surface area contributed by atoms with Crippen molar-refractivity contribution in [3.8, 4) is 0 Å². The van der Waals surface area contributed by atoms with Crippen molar-refractivity contribution in [2.45, 2.75) is 19.8 Å². The summed E-state index contributed by atoms with van der Waals surface area (Å²) < 4.78 is 0.622. The van der Waals surface area contributed by atoms with Gasteiger partial charge in [0.15, 0.2) is 0 Å². The number of nitrogens with two attached hydrogens (primary N) is 1. The van der Waals surface area contributed by atoms with E-state index in [0.29, 0.717) is 3.57 Å². The summed E-state index contributed by atoms with van der Waals surface area (Å²) in [6, 6.07) is 0. The number of hydrogen-bond acceptors (Lipinski definition) is 3. The maximum absolute atomic E-state index is 11.2. The molecule has 5 heteroatoms. The fraction of sp³-hybridized carbons (Fsp3) is 0.429. The van der Waals surface area contributed by atoms with E-state index in [4.69, 9.17) is 5.73 Å². The van der Waals surface area contributed by atoms with Crippen LogP contribution in [0.15, 0.2) is 4.79 Å². The molecule has 1 aromatic rings. The summed E-state index contributed by atoms with van der Waals surface area (Å²) in [4.78, 5) is 17.7. The monoisotopic (exact) mass is 279 g/mol. The van der Waals surface area contributed by atoms with Crippen LogP contribution < -0.4 is 11.3 Å². The number of nitrogens with zero attached hydrogens (tertiary/aromatic N) is 1. The maximum atomic E-state index is 11.2. The van der Waals surface area contributed by atoms with Crippen LogP contribution in [0, 0.1) is 3.57 Å². The number of aromatic nitrogens is 2. The van der Waals surface area contributed by atoms with Crippen LogP contribution in [0.1, 0.15) is 25.5 Å². The van der Waals surface area contributed by atoms with Crippen molar-refractivity contribution in [3.05, 3.63) is 19.6 Å². The first kappa shape index (κ1) is 9.50. The highest BCUT2D eigenvalue weighted by Crippen LogP contribution is 2.15. The Kier molecular flexibility index (Phi) is 2.71. The van der Waals surface area contributed by atoms with Gasteiger partial charge in [-0.1, -0.05) is 13.8 Å². The predicted octanol–water partition coefficient (Wildman–Crippen LogP) is 1.08. The number of rotatable bonds is 1. The van der Waals surface area contributed by atoms with Crippen LogP contribution in [0.2, 0.25) is 0 Å². The van der Waals surface area contributed by atoms with Gasteiger partial charge >= 0.3 is 0 Å². The highest BCUT2D eigenvalue weighted by molar-refractivity contribution is 14.1. The van der Waals surface area contributed by atoms with Crippen molar-refractivity contribution in [3.63, 3.8) is 0 Å². The van der Waals surface area contributed by atoms with Gasteiger partial charge in [-0.2, -0.15) is 0 Å². The maximum Gasteiger partial charge on any atom is 0.265 e. The summed E-state index contributed by atoms with van der Waals surface area (Å²) in [5.74, 6) is 0.408. The average molecular weight is 279 g/mol. The second-order valence-electron chi connectivity index (χ2n) is 2.81. The van der Waals surface area contributed by atoms with Crippen molar-refractivity contribution in [2.24, 2.45) is 0 Å². The molecular formula is C7H10IN3O. The van der Waals surface area contributed by atoms with Gasteiger partial charge in [-0.05, 0) is 28.5 Å². The SMILES string of the molecule is CC(C)c1nc(N)[nH]c(=O)c1I. The quantitative estimate of drug-likeness (QED) is 0.755. The van der Waals surface area contributed by atoms with Gasteiger partial charge in [-0.3, -0.25) is 9.78 Å². The lowest BCUT2D eigenvalue weighted by Gasteiger charge is -2.06. The van der Waals surface area contributed by atoms with E-state index in [1.807, 2.05) is 36.4 Å². The van der Waals surface area contributed by atoms with Gasteiger partial charge in [0.2, 0.25) is 5.95 Å². The third-order valence-electron chi connectivity index (χ3n) is 1.45. The lowest BCUT2D eigenvalue weighted by atomic mass is 10.1. The van der Waals surface area contributed by atoms with Crippen molar-refractivity contribution in [1.82, 2.24) is 9.97 Å². The van der Waals surface area contributed by atoms with Gasteiger partial charge in [0, 0.05) is 0 Å². The Labute approximate surface area is 83.7 Å². The molecule has 0 aliphatic carbocycles. The van der Waals surface area contributed by atoms with Gasteiger partial charge in [-0.25, -0.2) is 4.98 Å².